The number of benzene rings is 2. The second-order valence-corrected chi connectivity index (χ2v) is 8.62. The quantitative estimate of drug-likeness (QED) is 0.840. The summed E-state index contributed by atoms with van der Waals surface area (Å²) in [5.74, 6) is 0.223. The molecule has 1 aliphatic carbocycles. The highest BCUT2D eigenvalue weighted by molar-refractivity contribution is 7.89. The summed E-state index contributed by atoms with van der Waals surface area (Å²) >= 11 is 0. The van der Waals surface area contributed by atoms with Crippen LogP contribution in [0.25, 0.3) is 0 Å². The SMILES string of the molecule is O=S(=O)(N[C@@H](c1ccc2c(c1)CCO2)C1CC(O)C1)c1cccc(F)c1. The summed E-state index contributed by atoms with van der Waals surface area (Å²) < 4.78 is 47.2. The molecule has 0 bridgehead atoms. The average Bonchev–Trinajstić information content (AvgIpc) is 3.05. The van der Waals surface area contributed by atoms with Gasteiger partial charge in [-0.2, -0.15) is 0 Å². The van der Waals surface area contributed by atoms with E-state index < -0.39 is 28.0 Å². The molecular weight excluding hydrogens is 357 g/mol. The molecule has 2 aromatic carbocycles. The lowest BCUT2D eigenvalue weighted by molar-refractivity contribution is 0.0280. The number of rotatable bonds is 5. The number of aliphatic hydroxyl groups excluding tert-OH is 1. The van der Waals surface area contributed by atoms with Crippen LogP contribution < -0.4 is 9.46 Å². The summed E-state index contributed by atoms with van der Waals surface area (Å²) in [5, 5.41) is 9.67. The monoisotopic (exact) mass is 377 g/mol. The molecule has 0 aromatic heterocycles. The molecule has 1 heterocycles. The highest BCUT2D eigenvalue weighted by Crippen LogP contribution is 2.40. The largest absolute Gasteiger partial charge is 0.493 e. The standard InChI is InChI=1S/C19H20FNO4S/c20-15-2-1-3-17(11-15)26(23,24)21-19(14-9-16(22)10-14)13-4-5-18-12(8-13)6-7-25-18/h1-5,8,11,14,16,19,21-22H,6-7,9-10H2/t14?,16?,19-/m0/s1. The van der Waals surface area contributed by atoms with E-state index in [4.69, 9.17) is 4.74 Å². The van der Waals surface area contributed by atoms with Crippen LogP contribution in [0.5, 0.6) is 5.75 Å². The maximum atomic E-state index is 13.5. The van der Waals surface area contributed by atoms with Crippen LogP contribution in [-0.2, 0) is 16.4 Å². The molecule has 2 aromatic rings. The Kier molecular flexibility index (Phi) is 4.46. The van der Waals surface area contributed by atoms with E-state index in [1.165, 1.54) is 18.2 Å². The molecule has 2 N–H and O–H groups in total. The third-order valence-corrected chi connectivity index (χ3v) is 6.52. The van der Waals surface area contributed by atoms with Crippen molar-refractivity contribution in [2.24, 2.45) is 5.92 Å². The van der Waals surface area contributed by atoms with E-state index in [1.807, 2.05) is 18.2 Å². The van der Waals surface area contributed by atoms with Crippen molar-refractivity contribution in [1.82, 2.24) is 4.72 Å². The van der Waals surface area contributed by atoms with Crippen LogP contribution in [0.1, 0.15) is 30.0 Å². The number of nitrogens with one attached hydrogen (secondary N) is 1. The Labute approximate surface area is 151 Å². The molecule has 0 spiro atoms. The smallest absolute Gasteiger partial charge is 0.241 e. The third-order valence-electron chi connectivity index (χ3n) is 5.08. The van der Waals surface area contributed by atoms with Crippen LogP contribution in [0.2, 0.25) is 0 Å². The maximum absolute atomic E-state index is 13.5. The summed E-state index contributed by atoms with van der Waals surface area (Å²) in [6, 6.07) is 10.2. The van der Waals surface area contributed by atoms with Gasteiger partial charge in [0.15, 0.2) is 0 Å². The van der Waals surface area contributed by atoms with E-state index in [0.717, 1.165) is 29.4 Å². The summed E-state index contributed by atoms with van der Waals surface area (Å²) in [5.41, 5.74) is 1.89. The van der Waals surface area contributed by atoms with E-state index in [0.29, 0.717) is 19.4 Å². The summed E-state index contributed by atoms with van der Waals surface area (Å²) in [7, 11) is -3.89. The van der Waals surface area contributed by atoms with Crippen molar-refractivity contribution in [3.63, 3.8) is 0 Å². The molecule has 0 unspecified atom stereocenters. The van der Waals surface area contributed by atoms with Crippen LogP contribution >= 0.6 is 0 Å². The summed E-state index contributed by atoms with van der Waals surface area (Å²) in [6.45, 7) is 0.626. The predicted molar refractivity (Wildman–Crippen MR) is 93.8 cm³/mol. The Morgan fingerprint density at radius 2 is 2.00 bits per heavy atom. The molecule has 7 heteroatoms. The number of sulfonamides is 1. The Bertz CT molecular complexity index is 925. The van der Waals surface area contributed by atoms with Crippen LogP contribution in [0.15, 0.2) is 47.4 Å². The molecule has 1 saturated carbocycles. The van der Waals surface area contributed by atoms with Gasteiger partial charge in [-0.3, -0.25) is 0 Å². The highest BCUT2D eigenvalue weighted by Gasteiger charge is 2.37. The van der Waals surface area contributed by atoms with Gasteiger partial charge in [0.25, 0.3) is 0 Å². The van der Waals surface area contributed by atoms with Gasteiger partial charge in [-0.05, 0) is 54.2 Å². The number of hydrogen-bond acceptors (Lipinski definition) is 4. The molecule has 138 valence electrons. The predicted octanol–water partition coefficient (Wildman–Crippen LogP) is 2.55. The van der Waals surface area contributed by atoms with Gasteiger partial charge in [0.05, 0.1) is 17.6 Å². The minimum atomic E-state index is -3.89. The third kappa shape index (κ3) is 3.34. The van der Waals surface area contributed by atoms with Gasteiger partial charge in [0, 0.05) is 12.5 Å². The molecule has 4 rings (SSSR count). The number of aliphatic hydroxyl groups is 1. The first-order valence-electron chi connectivity index (χ1n) is 8.64. The molecule has 0 amide bonds. The van der Waals surface area contributed by atoms with Crippen molar-refractivity contribution < 1.29 is 22.7 Å². The van der Waals surface area contributed by atoms with Gasteiger partial charge in [0.2, 0.25) is 10.0 Å². The number of hydrogen-bond donors (Lipinski definition) is 2. The average molecular weight is 377 g/mol. The Balaban J connectivity index is 1.66. The molecule has 0 saturated heterocycles. The molecular formula is C19H20FNO4S. The lowest BCUT2D eigenvalue weighted by atomic mass is 9.75. The van der Waals surface area contributed by atoms with Gasteiger partial charge in [-0.25, -0.2) is 17.5 Å². The van der Waals surface area contributed by atoms with Crippen LogP contribution in [0.3, 0.4) is 0 Å². The van der Waals surface area contributed by atoms with E-state index >= 15 is 0 Å². The van der Waals surface area contributed by atoms with Crippen molar-refractivity contribution in [2.75, 3.05) is 6.61 Å². The maximum Gasteiger partial charge on any atom is 0.241 e. The second kappa shape index (κ2) is 6.64. The van der Waals surface area contributed by atoms with Crippen LogP contribution in [-0.4, -0.2) is 26.2 Å². The first kappa shape index (κ1) is 17.5. The molecule has 5 nitrogen and oxygen atoms in total. The van der Waals surface area contributed by atoms with Crippen molar-refractivity contribution in [2.45, 2.75) is 36.3 Å². The summed E-state index contributed by atoms with van der Waals surface area (Å²) in [6.07, 6.45) is 1.45. The normalized spacial score (nSPS) is 23.0. The fourth-order valence-corrected chi connectivity index (χ4v) is 4.93. The molecule has 1 fully saturated rings. The van der Waals surface area contributed by atoms with E-state index in [2.05, 4.69) is 4.72 Å². The van der Waals surface area contributed by atoms with Gasteiger partial charge >= 0.3 is 0 Å². The van der Waals surface area contributed by atoms with Gasteiger partial charge in [0.1, 0.15) is 11.6 Å². The molecule has 1 aliphatic heterocycles. The van der Waals surface area contributed by atoms with Crippen molar-refractivity contribution in [3.8, 4) is 5.75 Å². The van der Waals surface area contributed by atoms with Gasteiger partial charge in [-0.15, -0.1) is 0 Å². The fraction of sp³-hybridized carbons (Fsp3) is 0.368. The molecule has 1 atom stereocenters. The number of fused-ring (bicyclic) bond motifs is 1. The number of halogens is 1. The van der Waals surface area contributed by atoms with Crippen LogP contribution in [0.4, 0.5) is 4.39 Å². The van der Waals surface area contributed by atoms with Crippen molar-refractivity contribution >= 4 is 10.0 Å². The Hall–Kier alpha value is -1.96. The topological polar surface area (TPSA) is 75.6 Å². The zero-order valence-electron chi connectivity index (χ0n) is 14.1. The number of ether oxygens (including phenoxy) is 1. The first-order valence-corrected chi connectivity index (χ1v) is 10.1. The Morgan fingerprint density at radius 3 is 2.73 bits per heavy atom. The Morgan fingerprint density at radius 1 is 1.19 bits per heavy atom. The van der Waals surface area contributed by atoms with Crippen molar-refractivity contribution in [3.05, 3.63) is 59.4 Å². The molecule has 26 heavy (non-hydrogen) atoms. The zero-order valence-corrected chi connectivity index (χ0v) is 14.9. The first-order chi connectivity index (χ1) is 12.4. The molecule has 2 aliphatic rings. The van der Waals surface area contributed by atoms with Gasteiger partial charge in [-0.1, -0.05) is 18.2 Å². The second-order valence-electron chi connectivity index (χ2n) is 6.91. The lowest BCUT2D eigenvalue weighted by Gasteiger charge is -2.38. The van der Waals surface area contributed by atoms with Gasteiger partial charge < -0.3 is 9.84 Å². The van der Waals surface area contributed by atoms with E-state index in [9.17, 15) is 17.9 Å². The van der Waals surface area contributed by atoms with Crippen molar-refractivity contribution in [1.29, 1.82) is 0 Å². The van der Waals surface area contributed by atoms with E-state index in [1.54, 1.807) is 0 Å². The molecule has 0 radical (unpaired) electrons. The zero-order chi connectivity index (χ0) is 18.3. The minimum absolute atomic E-state index is 0.00583. The lowest BCUT2D eigenvalue weighted by Crippen LogP contribution is -2.41. The highest BCUT2D eigenvalue weighted by atomic mass is 32.2. The summed E-state index contributed by atoms with van der Waals surface area (Å²) in [4.78, 5) is -0.105. The fourth-order valence-electron chi connectivity index (χ4n) is 3.61. The van der Waals surface area contributed by atoms with Crippen LogP contribution in [0, 0.1) is 11.7 Å². The minimum Gasteiger partial charge on any atom is -0.493 e. The van der Waals surface area contributed by atoms with E-state index in [-0.39, 0.29) is 10.8 Å².